The van der Waals surface area contributed by atoms with Crippen LogP contribution in [0.3, 0.4) is 0 Å². The molecule has 0 fully saturated rings. The Kier molecular flexibility index (Phi) is 15.4. The number of nitrogens with two attached hydrogens (primary N) is 4. The third-order valence-corrected chi connectivity index (χ3v) is 1.32. The van der Waals surface area contributed by atoms with E-state index in [0.717, 1.165) is 0 Å². The van der Waals surface area contributed by atoms with E-state index >= 15 is 0 Å². The summed E-state index contributed by atoms with van der Waals surface area (Å²) in [4.78, 5) is 0. The van der Waals surface area contributed by atoms with Crippen molar-refractivity contribution < 1.29 is 5.48 Å². The maximum Gasteiger partial charge on any atom is 0.113 e. The predicted octanol–water partition coefficient (Wildman–Crippen LogP) is -1.46. The van der Waals surface area contributed by atoms with Gasteiger partial charge in [-0.3, -0.25) is 5.01 Å². The van der Waals surface area contributed by atoms with Crippen molar-refractivity contribution in [3.8, 4) is 0 Å². The Labute approximate surface area is 101 Å². The van der Waals surface area contributed by atoms with Crippen LogP contribution in [0.1, 0.15) is 0 Å². The molecule has 0 saturated heterocycles. The molecule has 1 heterocycles. The molecular weight excluding hydrogens is 252 g/mol. The fourth-order valence-electron chi connectivity index (χ4n) is 0.687. The molecule has 1 aliphatic heterocycles. The normalized spacial score (nSPS) is 18.4. The quantitative estimate of drug-likeness (QED) is 0.398. The molecule has 1 unspecified atom stereocenters. The van der Waals surface area contributed by atoms with Crippen molar-refractivity contribution >= 4 is 37.2 Å². The first-order valence-electron chi connectivity index (χ1n) is 2.85. The van der Waals surface area contributed by atoms with Crippen LogP contribution in [-0.2, 0) is 0 Å². The van der Waals surface area contributed by atoms with Gasteiger partial charge in [0.05, 0.1) is 11.4 Å². The first-order chi connectivity index (χ1) is 4.61. The summed E-state index contributed by atoms with van der Waals surface area (Å²) in [5, 5.41) is 1.30. The molecule has 0 spiro atoms. The molecule has 0 saturated carbocycles. The van der Waals surface area contributed by atoms with E-state index in [2.05, 4.69) is 0 Å². The standard InChI is InChI=1S/C5H11N5.3ClH.H2O/c6-3-1-5(8)10(9)2-4(3)7;;;;/h1-2,5H,6-9H2;3*1H;1H2. The van der Waals surface area contributed by atoms with Crippen LogP contribution in [0.4, 0.5) is 0 Å². The van der Waals surface area contributed by atoms with Crippen molar-refractivity contribution in [2.24, 2.45) is 23.0 Å². The molecule has 9 heteroatoms. The van der Waals surface area contributed by atoms with Gasteiger partial charge in [-0.15, -0.1) is 37.2 Å². The van der Waals surface area contributed by atoms with Crippen LogP contribution in [0.5, 0.6) is 0 Å². The molecule has 14 heavy (non-hydrogen) atoms. The van der Waals surface area contributed by atoms with Gasteiger partial charge in [0.2, 0.25) is 0 Å². The maximum absolute atomic E-state index is 5.48. The number of halogens is 3. The van der Waals surface area contributed by atoms with Crippen LogP contribution in [-0.4, -0.2) is 16.7 Å². The smallest absolute Gasteiger partial charge is 0.113 e. The van der Waals surface area contributed by atoms with E-state index in [1.807, 2.05) is 0 Å². The number of rotatable bonds is 0. The molecule has 0 radical (unpaired) electrons. The summed E-state index contributed by atoms with van der Waals surface area (Å²) in [6.07, 6.45) is 2.72. The summed E-state index contributed by atoms with van der Waals surface area (Å²) in [7, 11) is 0. The Balaban J connectivity index is -0.000000125. The molecule has 10 N–H and O–H groups in total. The van der Waals surface area contributed by atoms with Gasteiger partial charge in [-0.2, -0.15) is 0 Å². The van der Waals surface area contributed by atoms with Gasteiger partial charge in [-0.1, -0.05) is 0 Å². The highest BCUT2D eigenvalue weighted by atomic mass is 35.5. The van der Waals surface area contributed by atoms with Crippen LogP contribution < -0.4 is 23.0 Å². The zero-order chi connectivity index (χ0) is 7.72. The van der Waals surface area contributed by atoms with Crippen molar-refractivity contribution in [1.82, 2.24) is 5.01 Å². The summed E-state index contributed by atoms with van der Waals surface area (Å²) in [6.45, 7) is 0. The Morgan fingerprint density at radius 3 is 1.86 bits per heavy atom. The van der Waals surface area contributed by atoms with Crippen LogP contribution in [0.15, 0.2) is 23.7 Å². The average molecular weight is 269 g/mol. The second-order valence-electron chi connectivity index (χ2n) is 2.14. The third kappa shape index (κ3) is 5.38. The lowest BCUT2D eigenvalue weighted by Gasteiger charge is -2.24. The van der Waals surface area contributed by atoms with Gasteiger partial charge >= 0.3 is 0 Å². The van der Waals surface area contributed by atoms with E-state index in [1.54, 1.807) is 6.08 Å². The molecular formula is C5H16Cl3N5O. The molecule has 88 valence electrons. The Bertz CT molecular complexity index is 188. The van der Waals surface area contributed by atoms with Crippen molar-refractivity contribution in [2.75, 3.05) is 0 Å². The summed E-state index contributed by atoms with van der Waals surface area (Å²) in [6, 6.07) is 0. The zero-order valence-electron chi connectivity index (χ0n) is 7.21. The van der Waals surface area contributed by atoms with Gasteiger partial charge in [0.1, 0.15) is 6.17 Å². The molecule has 1 atom stereocenters. The predicted molar refractivity (Wildman–Crippen MR) is 63.9 cm³/mol. The molecule has 0 aromatic carbocycles. The van der Waals surface area contributed by atoms with Gasteiger partial charge in [0.15, 0.2) is 0 Å². The number of hydrogen-bond donors (Lipinski definition) is 4. The lowest BCUT2D eigenvalue weighted by Crippen LogP contribution is -2.45. The van der Waals surface area contributed by atoms with E-state index in [4.69, 9.17) is 23.0 Å². The molecule has 6 nitrogen and oxygen atoms in total. The fraction of sp³-hybridized carbons (Fsp3) is 0.200. The van der Waals surface area contributed by atoms with E-state index in [-0.39, 0.29) is 48.9 Å². The lowest BCUT2D eigenvalue weighted by atomic mass is 10.2. The number of hydrogen-bond acceptors (Lipinski definition) is 5. The Hall–Kier alpha value is -0.370. The summed E-state index contributed by atoms with van der Waals surface area (Å²) < 4.78 is 0. The Morgan fingerprint density at radius 2 is 1.50 bits per heavy atom. The van der Waals surface area contributed by atoms with Gasteiger partial charge in [0, 0.05) is 6.20 Å². The van der Waals surface area contributed by atoms with Crippen molar-refractivity contribution in [3.63, 3.8) is 0 Å². The van der Waals surface area contributed by atoms with E-state index in [0.29, 0.717) is 11.4 Å². The monoisotopic (exact) mass is 267 g/mol. The number of hydrazine groups is 1. The van der Waals surface area contributed by atoms with Gasteiger partial charge in [-0.25, -0.2) is 5.84 Å². The molecule has 1 rings (SSSR count). The topological polar surface area (TPSA) is 139 Å². The fourth-order valence-corrected chi connectivity index (χ4v) is 0.687. The SMILES string of the molecule is Cl.Cl.Cl.NC1=CC(N)N(N)C=C1N.O. The van der Waals surface area contributed by atoms with Crippen LogP contribution >= 0.6 is 37.2 Å². The van der Waals surface area contributed by atoms with Gasteiger partial charge in [0.25, 0.3) is 0 Å². The van der Waals surface area contributed by atoms with E-state index in [9.17, 15) is 0 Å². The van der Waals surface area contributed by atoms with Gasteiger partial charge in [-0.05, 0) is 6.08 Å². The highest BCUT2D eigenvalue weighted by Gasteiger charge is 2.11. The minimum Gasteiger partial charge on any atom is -0.412 e. The molecule has 0 aliphatic carbocycles. The van der Waals surface area contributed by atoms with Crippen LogP contribution in [0, 0.1) is 0 Å². The third-order valence-electron chi connectivity index (χ3n) is 1.32. The lowest BCUT2D eigenvalue weighted by molar-refractivity contribution is 0.328. The molecule has 0 aromatic rings. The first kappa shape index (κ1) is 23.4. The highest BCUT2D eigenvalue weighted by molar-refractivity contribution is 5.86. The second kappa shape index (κ2) is 9.20. The minimum absolute atomic E-state index is 0. The summed E-state index contributed by atoms with van der Waals surface area (Å²) >= 11 is 0. The number of nitrogens with zero attached hydrogens (tertiary/aromatic N) is 1. The summed E-state index contributed by atoms with van der Waals surface area (Å²) in [5.41, 5.74) is 17.3. The maximum atomic E-state index is 5.48. The largest absolute Gasteiger partial charge is 0.412 e. The minimum atomic E-state index is -0.368. The average Bonchev–Trinajstić information content (AvgIpc) is 1.84. The second-order valence-corrected chi connectivity index (χ2v) is 2.14. The zero-order valence-corrected chi connectivity index (χ0v) is 9.66. The summed E-state index contributed by atoms with van der Waals surface area (Å²) in [5.74, 6) is 5.38. The van der Waals surface area contributed by atoms with Crippen LogP contribution in [0.25, 0.3) is 0 Å². The molecule has 0 amide bonds. The highest BCUT2D eigenvalue weighted by Crippen LogP contribution is 2.05. The van der Waals surface area contributed by atoms with E-state index < -0.39 is 0 Å². The Morgan fingerprint density at radius 1 is 1.07 bits per heavy atom. The van der Waals surface area contributed by atoms with Crippen molar-refractivity contribution in [2.45, 2.75) is 6.17 Å². The van der Waals surface area contributed by atoms with E-state index in [1.165, 1.54) is 11.2 Å². The molecule has 0 aromatic heterocycles. The first-order valence-corrected chi connectivity index (χ1v) is 2.85. The van der Waals surface area contributed by atoms with Crippen LogP contribution in [0.2, 0.25) is 0 Å². The molecule has 0 bridgehead atoms. The van der Waals surface area contributed by atoms with Crippen molar-refractivity contribution in [3.05, 3.63) is 23.7 Å². The van der Waals surface area contributed by atoms with Crippen molar-refractivity contribution in [1.29, 1.82) is 0 Å². The van der Waals surface area contributed by atoms with Gasteiger partial charge < -0.3 is 22.7 Å². The molecule has 1 aliphatic rings.